The van der Waals surface area contributed by atoms with E-state index >= 15 is 0 Å². The first-order chi connectivity index (χ1) is 13.2. The Bertz CT molecular complexity index is 933. The van der Waals surface area contributed by atoms with Crippen LogP contribution in [-0.4, -0.2) is 47.0 Å². The first-order valence-electron chi connectivity index (χ1n) is 9.34. The summed E-state index contributed by atoms with van der Waals surface area (Å²) < 4.78 is 0. The number of anilines is 3. The lowest BCUT2D eigenvalue weighted by Crippen LogP contribution is -2.48. The molecule has 2 aromatic carbocycles. The molecule has 1 saturated heterocycles. The molecular weight excluding hydrogens is 338 g/mol. The highest BCUT2D eigenvalue weighted by Crippen LogP contribution is 2.22. The van der Waals surface area contributed by atoms with Crippen LogP contribution in [0.1, 0.15) is 13.3 Å². The summed E-state index contributed by atoms with van der Waals surface area (Å²) in [5, 5.41) is 4.29. The van der Waals surface area contributed by atoms with Crippen LogP contribution in [0.25, 0.3) is 10.9 Å². The normalized spacial score (nSPS) is 14.4. The smallest absolute Gasteiger partial charge is 0.227 e. The van der Waals surface area contributed by atoms with Crippen molar-refractivity contribution in [2.24, 2.45) is 0 Å². The number of nitrogens with one attached hydrogen (secondary N) is 1. The van der Waals surface area contributed by atoms with Crippen molar-refractivity contribution in [1.82, 2.24) is 14.9 Å². The molecule has 1 N–H and O–H groups in total. The van der Waals surface area contributed by atoms with E-state index in [2.05, 4.69) is 32.3 Å². The van der Waals surface area contributed by atoms with Gasteiger partial charge in [-0.3, -0.25) is 4.79 Å². The summed E-state index contributed by atoms with van der Waals surface area (Å²) in [4.78, 5) is 25.0. The summed E-state index contributed by atoms with van der Waals surface area (Å²) in [6, 6.07) is 16.2. The Hall–Kier alpha value is -3.15. The Morgan fingerprint density at radius 1 is 1.04 bits per heavy atom. The summed E-state index contributed by atoms with van der Waals surface area (Å²) in [7, 11) is 0. The molecule has 0 saturated carbocycles. The van der Waals surface area contributed by atoms with E-state index < -0.39 is 0 Å². The van der Waals surface area contributed by atoms with Crippen molar-refractivity contribution < 1.29 is 4.79 Å². The molecule has 3 aromatic rings. The summed E-state index contributed by atoms with van der Waals surface area (Å²) >= 11 is 0. The van der Waals surface area contributed by atoms with Crippen LogP contribution in [0.2, 0.25) is 0 Å². The molecule has 2 heterocycles. The zero-order valence-electron chi connectivity index (χ0n) is 15.4. The van der Waals surface area contributed by atoms with Gasteiger partial charge in [-0.1, -0.05) is 25.1 Å². The average molecular weight is 361 g/mol. The molecule has 0 spiro atoms. The van der Waals surface area contributed by atoms with E-state index in [4.69, 9.17) is 0 Å². The van der Waals surface area contributed by atoms with E-state index in [1.807, 2.05) is 54.4 Å². The maximum atomic E-state index is 11.8. The SMILES string of the molecule is CCC(=O)N1CCN(c2ccc(Nc3ncc4ccccc4n3)cc2)CC1. The average Bonchev–Trinajstić information content (AvgIpc) is 2.74. The third-order valence-electron chi connectivity index (χ3n) is 4.91. The topological polar surface area (TPSA) is 61.4 Å². The highest BCUT2D eigenvalue weighted by Gasteiger charge is 2.19. The lowest BCUT2D eigenvalue weighted by Gasteiger charge is -2.36. The number of carbonyl (C=O) groups is 1. The second kappa shape index (κ2) is 7.61. The number of nitrogens with zero attached hydrogens (tertiary/aromatic N) is 4. The number of para-hydroxylation sites is 1. The molecule has 6 heteroatoms. The number of rotatable bonds is 4. The lowest BCUT2D eigenvalue weighted by molar-refractivity contribution is -0.131. The molecule has 4 rings (SSSR count). The van der Waals surface area contributed by atoms with Crippen molar-refractivity contribution >= 4 is 34.1 Å². The maximum Gasteiger partial charge on any atom is 0.227 e. The fourth-order valence-electron chi connectivity index (χ4n) is 3.35. The van der Waals surface area contributed by atoms with Crippen LogP contribution in [-0.2, 0) is 4.79 Å². The molecule has 1 aromatic heterocycles. The first kappa shape index (κ1) is 17.3. The van der Waals surface area contributed by atoms with Crippen molar-refractivity contribution in [2.45, 2.75) is 13.3 Å². The largest absolute Gasteiger partial charge is 0.368 e. The summed E-state index contributed by atoms with van der Waals surface area (Å²) in [6.45, 7) is 5.23. The standard InChI is InChI=1S/C21H23N5O/c1-2-20(27)26-13-11-25(12-14-26)18-9-7-17(8-10-18)23-21-22-15-16-5-3-4-6-19(16)24-21/h3-10,15H,2,11-14H2,1H3,(H,22,23,24). The highest BCUT2D eigenvalue weighted by molar-refractivity contribution is 5.79. The minimum absolute atomic E-state index is 0.240. The van der Waals surface area contributed by atoms with Gasteiger partial charge < -0.3 is 15.1 Å². The summed E-state index contributed by atoms with van der Waals surface area (Å²) in [5.74, 6) is 0.831. The number of piperazine rings is 1. The molecule has 0 unspecified atom stereocenters. The Labute approximate surface area is 158 Å². The zero-order chi connectivity index (χ0) is 18.6. The van der Waals surface area contributed by atoms with E-state index in [0.717, 1.165) is 42.8 Å². The number of carbonyl (C=O) groups excluding carboxylic acids is 1. The van der Waals surface area contributed by atoms with Crippen LogP contribution in [0.15, 0.2) is 54.7 Å². The molecule has 0 aliphatic carbocycles. The van der Waals surface area contributed by atoms with Crippen molar-refractivity contribution in [1.29, 1.82) is 0 Å². The number of hydrogen-bond donors (Lipinski definition) is 1. The number of amides is 1. The highest BCUT2D eigenvalue weighted by atomic mass is 16.2. The molecule has 0 bridgehead atoms. The Morgan fingerprint density at radius 2 is 1.78 bits per heavy atom. The third kappa shape index (κ3) is 3.84. The Balaban J connectivity index is 1.41. The van der Waals surface area contributed by atoms with Gasteiger partial charge in [0.25, 0.3) is 0 Å². The van der Waals surface area contributed by atoms with Crippen molar-refractivity contribution in [3.8, 4) is 0 Å². The predicted octanol–water partition coefficient (Wildman–Crippen LogP) is 3.43. The predicted molar refractivity (Wildman–Crippen MR) is 108 cm³/mol. The molecule has 0 radical (unpaired) electrons. The fourth-order valence-corrected chi connectivity index (χ4v) is 3.35. The van der Waals surface area contributed by atoms with Gasteiger partial charge in [-0.2, -0.15) is 0 Å². The quantitative estimate of drug-likeness (QED) is 0.771. The van der Waals surface area contributed by atoms with Crippen molar-refractivity contribution in [3.63, 3.8) is 0 Å². The number of benzene rings is 2. The van der Waals surface area contributed by atoms with E-state index in [1.165, 1.54) is 5.69 Å². The Kier molecular flexibility index (Phi) is 4.87. The van der Waals surface area contributed by atoms with Crippen molar-refractivity contribution in [2.75, 3.05) is 36.4 Å². The minimum atomic E-state index is 0.240. The van der Waals surface area contributed by atoms with E-state index in [1.54, 1.807) is 0 Å². The molecule has 1 aliphatic rings. The van der Waals surface area contributed by atoms with Gasteiger partial charge in [0.2, 0.25) is 11.9 Å². The molecular formula is C21H23N5O. The van der Waals surface area contributed by atoms with Gasteiger partial charge in [-0.05, 0) is 30.3 Å². The van der Waals surface area contributed by atoms with E-state index in [-0.39, 0.29) is 5.91 Å². The van der Waals surface area contributed by atoms with Crippen LogP contribution >= 0.6 is 0 Å². The lowest BCUT2D eigenvalue weighted by atomic mass is 10.2. The number of aromatic nitrogens is 2. The van der Waals surface area contributed by atoms with Crippen LogP contribution in [0.5, 0.6) is 0 Å². The molecule has 1 aliphatic heterocycles. The number of fused-ring (bicyclic) bond motifs is 1. The second-order valence-corrected chi connectivity index (χ2v) is 6.65. The molecule has 1 amide bonds. The molecule has 6 nitrogen and oxygen atoms in total. The van der Waals surface area contributed by atoms with Gasteiger partial charge in [-0.25, -0.2) is 9.97 Å². The van der Waals surface area contributed by atoms with Gasteiger partial charge in [0, 0.05) is 55.6 Å². The molecule has 27 heavy (non-hydrogen) atoms. The van der Waals surface area contributed by atoms with Crippen LogP contribution in [0.4, 0.5) is 17.3 Å². The number of hydrogen-bond acceptors (Lipinski definition) is 5. The maximum absolute atomic E-state index is 11.8. The zero-order valence-corrected chi connectivity index (χ0v) is 15.4. The van der Waals surface area contributed by atoms with E-state index in [0.29, 0.717) is 12.4 Å². The van der Waals surface area contributed by atoms with Crippen molar-refractivity contribution in [3.05, 3.63) is 54.7 Å². The van der Waals surface area contributed by atoms with Gasteiger partial charge in [0.05, 0.1) is 5.52 Å². The third-order valence-corrected chi connectivity index (χ3v) is 4.91. The van der Waals surface area contributed by atoms with Crippen LogP contribution in [0, 0.1) is 0 Å². The first-order valence-corrected chi connectivity index (χ1v) is 9.34. The van der Waals surface area contributed by atoms with Gasteiger partial charge in [0.1, 0.15) is 0 Å². The van der Waals surface area contributed by atoms with Gasteiger partial charge in [-0.15, -0.1) is 0 Å². The van der Waals surface area contributed by atoms with Gasteiger partial charge >= 0.3 is 0 Å². The minimum Gasteiger partial charge on any atom is -0.368 e. The van der Waals surface area contributed by atoms with Crippen LogP contribution in [0.3, 0.4) is 0 Å². The second-order valence-electron chi connectivity index (χ2n) is 6.65. The van der Waals surface area contributed by atoms with E-state index in [9.17, 15) is 4.79 Å². The monoisotopic (exact) mass is 361 g/mol. The van der Waals surface area contributed by atoms with Gasteiger partial charge in [0.15, 0.2) is 0 Å². The Morgan fingerprint density at radius 3 is 2.52 bits per heavy atom. The summed E-state index contributed by atoms with van der Waals surface area (Å²) in [5.41, 5.74) is 3.04. The molecule has 1 fully saturated rings. The molecule has 138 valence electrons. The summed E-state index contributed by atoms with van der Waals surface area (Å²) in [6.07, 6.45) is 2.41. The molecule has 0 atom stereocenters. The fraction of sp³-hybridized carbons (Fsp3) is 0.286. The van der Waals surface area contributed by atoms with Crippen LogP contribution < -0.4 is 10.2 Å².